The van der Waals surface area contributed by atoms with Gasteiger partial charge in [-0.25, -0.2) is 0 Å². The molecule has 4 N–H and O–H groups in total. The van der Waals surface area contributed by atoms with Crippen molar-refractivity contribution in [2.24, 2.45) is 5.41 Å². The second-order valence-electron chi connectivity index (χ2n) is 5.49. The van der Waals surface area contributed by atoms with Crippen molar-refractivity contribution in [2.75, 3.05) is 19.3 Å². The van der Waals surface area contributed by atoms with Gasteiger partial charge in [0.2, 0.25) is 5.91 Å². The highest BCUT2D eigenvalue weighted by molar-refractivity contribution is 7.21. The first kappa shape index (κ1) is 15.3. The van der Waals surface area contributed by atoms with Gasteiger partial charge in [0.25, 0.3) is 5.91 Å². The third kappa shape index (κ3) is 3.00. The van der Waals surface area contributed by atoms with Crippen LogP contribution in [0.25, 0.3) is 10.1 Å². The monoisotopic (exact) mass is 305 g/mol. The lowest BCUT2D eigenvalue weighted by Gasteiger charge is -2.22. The number of fused-ring (bicyclic) bond motifs is 1. The first-order valence-electron chi connectivity index (χ1n) is 6.64. The standard InChI is InChI=1S/C15H19N3O2S/c1-15(2,14(20)17-3)8-18-13(19)12-11(16)9-6-4-5-7-10(9)21-12/h4-7H,8,16H2,1-3H3,(H,17,20)(H,18,19). The van der Waals surface area contributed by atoms with Gasteiger partial charge in [0, 0.05) is 23.7 Å². The topological polar surface area (TPSA) is 84.2 Å². The second kappa shape index (κ2) is 5.73. The van der Waals surface area contributed by atoms with Crippen LogP contribution in [0.3, 0.4) is 0 Å². The zero-order chi connectivity index (χ0) is 15.6. The highest BCUT2D eigenvalue weighted by Gasteiger charge is 2.28. The zero-order valence-corrected chi connectivity index (χ0v) is 13.1. The molecule has 1 aromatic heterocycles. The summed E-state index contributed by atoms with van der Waals surface area (Å²) in [5.74, 6) is -0.363. The number of rotatable bonds is 4. The van der Waals surface area contributed by atoms with Crippen LogP contribution >= 0.6 is 11.3 Å². The maximum Gasteiger partial charge on any atom is 0.263 e. The van der Waals surface area contributed by atoms with Crippen molar-refractivity contribution in [1.82, 2.24) is 10.6 Å². The third-order valence-corrected chi connectivity index (χ3v) is 4.56. The summed E-state index contributed by atoms with van der Waals surface area (Å²) in [5.41, 5.74) is 5.86. The highest BCUT2D eigenvalue weighted by atomic mass is 32.1. The van der Waals surface area contributed by atoms with E-state index in [0.717, 1.165) is 10.1 Å². The first-order chi connectivity index (χ1) is 9.86. The Morgan fingerprint density at radius 3 is 2.57 bits per heavy atom. The molecule has 0 aliphatic rings. The fraction of sp³-hybridized carbons (Fsp3) is 0.333. The molecule has 1 aromatic carbocycles. The van der Waals surface area contributed by atoms with Gasteiger partial charge < -0.3 is 16.4 Å². The summed E-state index contributed by atoms with van der Waals surface area (Å²) in [4.78, 5) is 24.5. The Morgan fingerprint density at radius 2 is 1.95 bits per heavy atom. The number of thiophene rings is 1. The van der Waals surface area contributed by atoms with Gasteiger partial charge in [0.05, 0.1) is 11.1 Å². The molecule has 1 heterocycles. The van der Waals surface area contributed by atoms with Crippen LogP contribution in [-0.2, 0) is 4.79 Å². The van der Waals surface area contributed by atoms with Gasteiger partial charge in [-0.3, -0.25) is 9.59 Å². The molecule has 2 aromatic rings. The van der Waals surface area contributed by atoms with Crippen LogP contribution in [0.5, 0.6) is 0 Å². The fourth-order valence-electron chi connectivity index (χ4n) is 2.03. The Labute approximate surface area is 127 Å². The van der Waals surface area contributed by atoms with Crippen molar-refractivity contribution in [3.05, 3.63) is 29.1 Å². The zero-order valence-electron chi connectivity index (χ0n) is 12.3. The molecule has 0 aliphatic carbocycles. The molecular formula is C15H19N3O2S. The molecule has 0 spiro atoms. The summed E-state index contributed by atoms with van der Waals surface area (Å²) in [7, 11) is 1.58. The van der Waals surface area contributed by atoms with Gasteiger partial charge in [-0.15, -0.1) is 11.3 Å². The average Bonchev–Trinajstić information content (AvgIpc) is 2.81. The van der Waals surface area contributed by atoms with E-state index in [1.807, 2.05) is 24.3 Å². The molecule has 0 saturated carbocycles. The molecule has 0 bridgehead atoms. The van der Waals surface area contributed by atoms with Crippen LogP contribution < -0.4 is 16.4 Å². The summed E-state index contributed by atoms with van der Waals surface area (Å²) in [6.07, 6.45) is 0. The Kier molecular flexibility index (Phi) is 4.18. The number of nitrogens with one attached hydrogen (secondary N) is 2. The van der Waals surface area contributed by atoms with Crippen LogP contribution in [0.1, 0.15) is 23.5 Å². The number of carbonyl (C=O) groups is 2. The summed E-state index contributed by atoms with van der Waals surface area (Å²) in [5, 5.41) is 6.26. The number of amides is 2. The SMILES string of the molecule is CNC(=O)C(C)(C)CNC(=O)c1sc2ccccc2c1N. The quantitative estimate of drug-likeness (QED) is 0.807. The van der Waals surface area contributed by atoms with E-state index in [-0.39, 0.29) is 18.4 Å². The molecule has 0 unspecified atom stereocenters. The van der Waals surface area contributed by atoms with Crippen molar-refractivity contribution >= 4 is 38.9 Å². The van der Waals surface area contributed by atoms with Gasteiger partial charge in [0.1, 0.15) is 4.88 Å². The Hall–Kier alpha value is -2.08. The Balaban J connectivity index is 2.16. The maximum atomic E-state index is 12.3. The van der Waals surface area contributed by atoms with Crippen molar-refractivity contribution in [2.45, 2.75) is 13.8 Å². The van der Waals surface area contributed by atoms with Crippen LogP contribution in [0.15, 0.2) is 24.3 Å². The lowest BCUT2D eigenvalue weighted by atomic mass is 9.92. The number of nitrogens with two attached hydrogens (primary N) is 1. The van der Waals surface area contributed by atoms with Crippen LogP contribution in [0.2, 0.25) is 0 Å². The summed E-state index contributed by atoms with van der Waals surface area (Å²) in [6, 6.07) is 7.63. The lowest BCUT2D eigenvalue weighted by molar-refractivity contribution is -0.128. The lowest BCUT2D eigenvalue weighted by Crippen LogP contribution is -2.43. The average molecular weight is 305 g/mol. The van der Waals surface area contributed by atoms with E-state index in [9.17, 15) is 9.59 Å². The minimum absolute atomic E-state index is 0.118. The van der Waals surface area contributed by atoms with Crippen LogP contribution in [-0.4, -0.2) is 25.4 Å². The van der Waals surface area contributed by atoms with Gasteiger partial charge in [-0.2, -0.15) is 0 Å². The van der Waals surface area contributed by atoms with Crippen molar-refractivity contribution in [3.63, 3.8) is 0 Å². The van der Waals surface area contributed by atoms with E-state index >= 15 is 0 Å². The van der Waals surface area contributed by atoms with Gasteiger partial charge >= 0.3 is 0 Å². The molecule has 0 atom stereocenters. The van der Waals surface area contributed by atoms with Gasteiger partial charge in [-0.05, 0) is 19.9 Å². The molecular weight excluding hydrogens is 286 g/mol. The van der Waals surface area contributed by atoms with E-state index in [2.05, 4.69) is 10.6 Å². The van der Waals surface area contributed by atoms with E-state index in [1.165, 1.54) is 11.3 Å². The van der Waals surface area contributed by atoms with Crippen molar-refractivity contribution < 1.29 is 9.59 Å². The third-order valence-electron chi connectivity index (χ3n) is 3.37. The van der Waals surface area contributed by atoms with Crippen LogP contribution in [0.4, 0.5) is 5.69 Å². The molecule has 0 saturated heterocycles. The number of anilines is 1. The number of hydrogen-bond donors (Lipinski definition) is 3. The molecule has 112 valence electrons. The summed E-state index contributed by atoms with van der Waals surface area (Å²) in [6.45, 7) is 3.81. The van der Waals surface area contributed by atoms with Crippen molar-refractivity contribution in [3.8, 4) is 0 Å². The predicted octanol–water partition coefficient (Wildman–Crippen LogP) is 1.99. The molecule has 2 rings (SSSR count). The number of carbonyl (C=O) groups excluding carboxylic acids is 2. The molecule has 5 nitrogen and oxygen atoms in total. The summed E-state index contributed by atoms with van der Waals surface area (Å²) < 4.78 is 0.978. The van der Waals surface area contributed by atoms with Gasteiger partial charge in [0.15, 0.2) is 0 Å². The molecule has 0 fully saturated rings. The number of nitrogen functional groups attached to an aromatic ring is 1. The fourth-order valence-corrected chi connectivity index (χ4v) is 3.07. The molecule has 2 amide bonds. The maximum absolute atomic E-state index is 12.3. The first-order valence-corrected chi connectivity index (χ1v) is 7.46. The minimum atomic E-state index is -0.671. The second-order valence-corrected chi connectivity index (χ2v) is 6.54. The smallest absolute Gasteiger partial charge is 0.263 e. The van der Waals surface area contributed by atoms with Crippen LogP contribution in [0, 0.1) is 5.41 Å². The molecule has 6 heteroatoms. The van der Waals surface area contributed by atoms with E-state index in [4.69, 9.17) is 5.73 Å². The molecule has 21 heavy (non-hydrogen) atoms. The highest BCUT2D eigenvalue weighted by Crippen LogP contribution is 2.33. The Morgan fingerprint density at radius 1 is 1.29 bits per heavy atom. The largest absolute Gasteiger partial charge is 0.397 e. The van der Waals surface area contributed by atoms with E-state index in [1.54, 1.807) is 20.9 Å². The molecule has 0 aliphatic heterocycles. The van der Waals surface area contributed by atoms with Gasteiger partial charge in [-0.1, -0.05) is 18.2 Å². The van der Waals surface area contributed by atoms with E-state index < -0.39 is 5.41 Å². The molecule has 0 radical (unpaired) electrons. The predicted molar refractivity (Wildman–Crippen MR) is 86.4 cm³/mol. The van der Waals surface area contributed by atoms with Crippen molar-refractivity contribution in [1.29, 1.82) is 0 Å². The number of benzene rings is 1. The Bertz CT molecular complexity index is 691. The number of hydrogen-bond acceptors (Lipinski definition) is 4. The minimum Gasteiger partial charge on any atom is -0.397 e. The normalized spacial score (nSPS) is 11.4. The van der Waals surface area contributed by atoms with E-state index in [0.29, 0.717) is 10.6 Å². The summed E-state index contributed by atoms with van der Waals surface area (Å²) >= 11 is 1.36.